The highest BCUT2D eigenvalue weighted by Crippen LogP contribution is 2.18. The quantitative estimate of drug-likeness (QED) is 0.457. The second-order valence-electron chi connectivity index (χ2n) is 6.07. The Bertz CT molecular complexity index is 1240. The Kier molecular flexibility index (Phi) is 5.10. The average molecular weight is 460 g/mol. The van der Waals surface area contributed by atoms with Crippen molar-refractivity contribution in [2.75, 3.05) is 11.9 Å². The molecule has 0 saturated carbocycles. The molecule has 28 heavy (non-hydrogen) atoms. The second-order valence-corrected chi connectivity index (χ2v) is 7.39. The van der Waals surface area contributed by atoms with E-state index in [0.29, 0.717) is 28.5 Å². The Labute approximate surface area is 173 Å². The van der Waals surface area contributed by atoms with E-state index in [0.717, 1.165) is 4.47 Å². The number of hydrogen-bond donors (Lipinski definition) is 2. The maximum Gasteiger partial charge on any atom is 0.275 e. The summed E-state index contributed by atoms with van der Waals surface area (Å²) in [6.45, 7) is 0.607. The molecule has 0 fully saturated rings. The molecule has 0 saturated heterocycles. The fourth-order valence-electron chi connectivity index (χ4n) is 3.08. The van der Waals surface area contributed by atoms with Gasteiger partial charge in [-0.15, -0.1) is 0 Å². The normalized spacial score (nSPS) is 11.1. The van der Waals surface area contributed by atoms with Gasteiger partial charge < -0.3 is 19.6 Å². The van der Waals surface area contributed by atoms with Gasteiger partial charge in [-0.3, -0.25) is 4.79 Å². The van der Waals surface area contributed by atoms with Crippen LogP contribution in [0.3, 0.4) is 0 Å². The lowest BCUT2D eigenvalue weighted by Crippen LogP contribution is -2.34. The number of nitrogens with one attached hydrogen (secondary N) is 2. The largest absolute Gasteiger partial charge is 0.361 e. The summed E-state index contributed by atoms with van der Waals surface area (Å²) in [6.07, 6.45) is 3.41. The molecular weight excluding hydrogens is 445 g/mol. The smallest absolute Gasteiger partial charge is 0.275 e. The van der Waals surface area contributed by atoms with Crippen LogP contribution in [0, 0.1) is 5.82 Å². The van der Waals surface area contributed by atoms with Crippen LogP contribution in [0.2, 0.25) is 0 Å². The first-order chi connectivity index (χ1) is 13.5. The van der Waals surface area contributed by atoms with Crippen LogP contribution in [0.15, 0.2) is 64.1 Å². The van der Waals surface area contributed by atoms with Crippen molar-refractivity contribution < 1.29 is 4.39 Å². The molecule has 0 aliphatic heterocycles. The van der Waals surface area contributed by atoms with Gasteiger partial charge in [0.2, 0.25) is 0 Å². The third-order valence-corrected chi connectivity index (χ3v) is 5.01. The third kappa shape index (κ3) is 3.50. The first-order valence-electron chi connectivity index (χ1n) is 8.49. The summed E-state index contributed by atoms with van der Waals surface area (Å²) in [5.74, 6) is 0.161. The molecule has 6 nitrogen and oxygen atoms in total. The van der Waals surface area contributed by atoms with Crippen LogP contribution in [-0.2, 0) is 6.54 Å². The predicted octanol–water partition coefficient (Wildman–Crippen LogP) is 3.54. The van der Waals surface area contributed by atoms with Gasteiger partial charge in [-0.05, 0) is 64.5 Å². The molecule has 3 heterocycles. The summed E-state index contributed by atoms with van der Waals surface area (Å²) >= 11 is 8.58. The van der Waals surface area contributed by atoms with E-state index in [4.69, 9.17) is 12.2 Å². The van der Waals surface area contributed by atoms with Crippen molar-refractivity contribution in [2.24, 2.45) is 0 Å². The first kappa shape index (κ1) is 18.6. The lowest BCUT2D eigenvalue weighted by Gasteiger charge is -2.15. The minimum Gasteiger partial charge on any atom is -0.361 e. The number of anilines is 1. The van der Waals surface area contributed by atoms with Crippen LogP contribution in [0.1, 0.15) is 0 Å². The van der Waals surface area contributed by atoms with Crippen molar-refractivity contribution in [2.45, 2.75) is 6.54 Å². The number of halogens is 2. The molecule has 4 rings (SSSR count). The van der Waals surface area contributed by atoms with E-state index in [1.165, 1.54) is 10.6 Å². The number of rotatable bonds is 4. The summed E-state index contributed by atoms with van der Waals surface area (Å²) in [5.41, 5.74) is 1.15. The minimum absolute atomic E-state index is 0.252. The standard InChI is InChI=1S/C19H15BrFN5OS/c20-12-6-7-16(23-11-12)24-19(28)22-8-10-26-17-13(21)3-1-4-14(17)25-9-2-5-15(25)18(26)27/h1-7,9,11H,8,10H2,(H2,22,23,24,28). The van der Waals surface area contributed by atoms with Gasteiger partial charge in [0, 0.05) is 30.0 Å². The van der Waals surface area contributed by atoms with Gasteiger partial charge in [-0.2, -0.15) is 0 Å². The first-order valence-corrected chi connectivity index (χ1v) is 9.69. The average Bonchev–Trinajstić information content (AvgIpc) is 3.17. The van der Waals surface area contributed by atoms with E-state index in [9.17, 15) is 9.18 Å². The van der Waals surface area contributed by atoms with Gasteiger partial charge in [0.25, 0.3) is 5.56 Å². The topological polar surface area (TPSA) is 63.4 Å². The number of pyridine rings is 1. The molecule has 142 valence electrons. The molecule has 2 N–H and O–H groups in total. The lowest BCUT2D eigenvalue weighted by molar-refractivity contribution is 0.610. The number of aromatic nitrogens is 3. The summed E-state index contributed by atoms with van der Waals surface area (Å²) in [4.78, 5) is 17.0. The van der Waals surface area contributed by atoms with E-state index >= 15 is 0 Å². The number of hydrogen-bond acceptors (Lipinski definition) is 3. The third-order valence-electron chi connectivity index (χ3n) is 4.30. The molecule has 1 aromatic carbocycles. The number of thiocarbonyl (C=S) groups is 1. The molecule has 0 atom stereocenters. The van der Waals surface area contributed by atoms with Crippen molar-refractivity contribution in [1.29, 1.82) is 0 Å². The number of para-hydroxylation sites is 1. The summed E-state index contributed by atoms with van der Waals surface area (Å²) < 4.78 is 18.5. The van der Waals surface area contributed by atoms with Crippen LogP contribution >= 0.6 is 28.1 Å². The van der Waals surface area contributed by atoms with Crippen molar-refractivity contribution in [3.63, 3.8) is 0 Å². The molecule has 0 bridgehead atoms. The fourth-order valence-corrected chi connectivity index (χ4v) is 3.52. The molecule has 0 aliphatic rings. The Morgan fingerprint density at radius 2 is 2.00 bits per heavy atom. The van der Waals surface area contributed by atoms with Gasteiger partial charge in [0.1, 0.15) is 22.7 Å². The van der Waals surface area contributed by atoms with E-state index in [1.54, 1.807) is 47.1 Å². The molecule has 0 radical (unpaired) electrons. The highest BCUT2D eigenvalue weighted by atomic mass is 79.9. The Morgan fingerprint density at radius 3 is 2.79 bits per heavy atom. The van der Waals surface area contributed by atoms with Gasteiger partial charge in [0.05, 0.1) is 5.52 Å². The minimum atomic E-state index is -0.440. The molecule has 3 aromatic heterocycles. The van der Waals surface area contributed by atoms with Crippen LogP contribution in [0.5, 0.6) is 0 Å². The van der Waals surface area contributed by atoms with Crippen molar-refractivity contribution in [3.8, 4) is 0 Å². The fraction of sp³-hybridized carbons (Fsp3) is 0.105. The van der Waals surface area contributed by atoms with E-state index in [-0.39, 0.29) is 17.6 Å². The number of benzene rings is 1. The predicted molar refractivity (Wildman–Crippen MR) is 115 cm³/mol. The summed E-state index contributed by atoms with van der Waals surface area (Å²) in [7, 11) is 0. The van der Waals surface area contributed by atoms with Gasteiger partial charge in [-0.1, -0.05) is 6.07 Å². The molecule has 0 amide bonds. The monoisotopic (exact) mass is 459 g/mol. The van der Waals surface area contributed by atoms with Crippen LogP contribution < -0.4 is 16.2 Å². The van der Waals surface area contributed by atoms with Crippen molar-refractivity contribution in [3.05, 3.63) is 75.5 Å². The molecule has 0 unspecified atom stereocenters. The van der Waals surface area contributed by atoms with Gasteiger partial charge in [0.15, 0.2) is 5.11 Å². The Balaban J connectivity index is 1.56. The number of fused-ring (bicyclic) bond motifs is 3. The zero-order valence-corrected chi connectivity index (χ0v) is 16.9. The van der Waals surface area contributed by atoms with Crippen LogP contribution in [0.4, 0.5) is 10.2 Å². The van der Waals surface area contributed by atoms with Gasteiger partial charge in [-0.25, -0.2) is 9.37 Å². The molecule has 0 spiro atoms. The highest BCUT2D eigenvalue weighted by molar-refractivity contribution is 9.10. The van der Waals surface area contributed by atoms with Crippen molar-refractivity contribution >= 4 is 55.6 Å². The molecule has 9 heteroatoms. The maximum atomic E-state index is 14.5. The number of nitrogens with zero attached hydrogens (tertiary/aromatic N) is 3. The highest BCUT2D eigenvalue weighted by Gasteiger charge is 2.13. The van der Waals surface area contributed by atoms with Crippen LogP contribution in [-0.4, -0.2) is 25.6 Å². The molecule has 4 aromatic rings. The lowest BCUT2D eigenvalue weighted by atomic mass is 10.2. The molecule has 0 aliphatic carbocycles. The van der Waals surface area contributed by atoms with E-state index in [1.807, 2.05) is 6.07 Å². The maximum absolute atomic E-state index is 14.5. The van der Waals surface area contributed by atoms with E-state index in [2.05, 4.69) is 31.5 Å². The zero-order valence-electron chi connectivity index (χ0n) is 14.5. The van der Waals surface area contributed by atoms with E-state index < -0.39 is 5.82 Å². The van der Waals surface area contributed by atoms with Crippen molar-refractivity contribution in [1.82, 2.24) is 19.3 Å². The summed E-state index contributed by atoms with van der Waals surface area (Å²) in [6, 6.07) is 11.9. The Hall–Kier alpha value is -2.78. The van der Waals surface area contributed by atoms with Gasteiger partial charge >= 0.3 is 0 Å². The zero-order chi connectivity index (χ0) is 19.7. The second kappa shape index (κ2) is 7.69. The molecular formula is C19H15BrFN5OS. The van der Waals surface area contributed by atoms with Crippen LogP contribution in [0.25, 0.3) is 16.6 Å². The SMILES string of the molecule is O=c1c2cccn2c2cccc(F)c2n1CCNC(=S)Nc1ccc(Br)cn1. The summed E-state index contributed by atoms with van der Waals surface area (Å²) in [5, 5.41) is 6.37. The Morgan fingerprint density at radius 1 is 1.18 bits per heavy atom.